The van der Waals surface area contributed by atoms with Crippen LogP contribution in [-0.2, 0) is 9.53 Å². The number of carbonyl (C=O) groups excluding carboxylic acids is 1. The lowest BCUT2D eigenvalue weighted by molar-refractivity contribution is -0.142. The topological polar surface area (TPSA) is 86.9 Å². The smallest absolute Gasteiger partial charge is 0.260 e. The third kappa shape index (κ3) is 4.80. The average Bonchev–Trinajstić information content (AvgIpc) is 3.29. The lowest BCUT2D eigenvalue weighted by Gasteiger charge is -2.31. The number of methoxy groups -OCH3 is 1. The van der Waals surface area contributed by atoms with Gasteiger partial charge in [-0.15, -0.1) is 0 Å². The summed E-state index contributed by atoms with van der Waals surface area (Å²) in [4.78, 5) is 18.4. The van der Waals surface area contributed by atoms with Crippen molar-refractivity contribution in [2.45, 2.75) is 6.10 Å². The van der Waals surface area contributed by atoms with Crippen LogP contribution in [0.5, 0.6) is 11.5 Å². The summed E-state index contributed by atoms with van der Waals surface area (Å²) in [5.41, 5.74) is 0.716. The van der Waals surface area contributed by atoms with Crippen LogP contribution in [0.15, 0.2) is 47.0 Å². The molecular formula is C21H19F2N3O5. The Kier molecular flexibility index (Phi) is 6.08. The van der Waals surface area contributed by atoms with Crippen molar-refractivity contribution in [3.8, 4) is 22.9 Å². The summed E-state index contributed by atoms with van der Waals surface area (Å²) < 4.78 is 48.1. The number of hydrogen-bond acceptors (Lipinski definition) is 7. The Morgan fingerprint density at radius 2 is 2.13 bits per heavy atom. The minimum Gasteiger partial charge on any atom is -0.497 e. The molecule has 10 heteroatoms. The largest absolute Gasteiger partial charge is 0.497 e. The van der Waals surface area contributed by atoms with E-state index in [9.17, 15) is 13.6 Å². The van der Waals surface area contributed by atoms with Crippen molar-refractivity contribution in [3.63, 3.8) is 0 Å². The van der Waals surface area contributed by atoms with Gasteiger partial charge in [0.1, 0.15) is 11.6 Å². The third-order valence-corrected chi connectivity index (χ3v) is 4.71. The highest BCUT2D eigenvalue weighted by atomic mass is 19.1. The van der Waals surface area contributed by atoms with Gasteiger partial charge in [0.05, 0.1) is 20.3 Å². The Balaban J connectivity index is 1.39. The normalized spacial score (nSPS) is 16.2. The first-order chi connectivity index (χ1) is 15.0. The standard InChI is InChI=1S/C21H19F2N3O5/c1-28-15-4-2-3-13(9-15)20-24-21(31-25-20)18-11-26(7-8-29-18)19(27)12-30-17-6-5-14(22)10-16(17)23/h2-6,9-10,18H,7-8,11-12H2,1H3. The molecule has 1 amide bonds. The summed E-state index contributed by atoms with van der Waals surface area (Å²) in [6.45, 7) is 0.377. The lowest BCUT2D eigenvalue weighted by Crippen LogP contribution is -2.44. The zero-order valence-corrected chi connectivity index (χ0v) is 16.6. The van der Waals surface area contributed by atoms with Crippen molar-refractivity contribution in [2.24, 2.45) is 0 Å². The lowest BCUT2D eigenvalue weighted by atomic mass is 10.2. The molecular weight excluding hydrogens is 412 g/mol. The monoisotopic (exact) mass is 431 g/mol. The molecule has 1 unspecified atom stereocenters. The maximum atomic E-state index is 13.7. The van der Waals surface area contributed by atoms with Gasteiger partial charge in [0, 0.05) is 18.2 Å². The summed E-state index contributed by atoms with van der Waals surface area (Å²) in [5, 5.41) is 3.98. The highest BCUT2D eigenvalue weighted by Crippen LogP contribution is 2.26. The number of nitrogens with zero attached hydrogens (tertiary/aromatic N) is 3. The molecule has 1 atom stereocenters. The number of morpholine rings is 1. The van der Waals surface area contributed by atoms with Gasteiger partial charge in [0.2, 0.25) is 5.82 Å². The van der Waals surface area contributed by atoms with E-state index in [2.05, 4.69) is 10.1 Å². The number of amides is 1. The molecule has 1 saturated heterocycles. The van der Waals surface area contributed by atoms with Crippen LogP contribution in [0.4, 0.5) is 8.78 Å². The van der Waals surface area contributed by atoms with Gasteiger partial charge in [0.15, 0.2) is 24.3 Å². The van der Waals surface area contributed by atoms with Crippen LogP contribution in [0.2, 0.25) is 0 Å². The molecule has 1 fully saturated rings. The van der Waals surface area contributed by atoms with E-state index < -0.39 is 24.3 Å². The van der Waals surface area contributed by atoms with E-state index in [0.29, 0.717) is 29.7 Å². The first-order valence-corrected chi connectivity index (χ1v) is 9.49. The molecule has 8 nitrogen and oxygen atoms in total. The van der Waals surface area contributed by atoms with Crippen molar-refractivity contribution < 1.29 is 32.3 Å². The SMILES string of the molecule is COc1cccc(-c2noc(C3CN(C(=O)COc4ccc(F)cc4F)CCO3)n2)c1. The Bertz CT molecular complexity index is 1070. The Hall–Kier alpha value is -3.53. The van der Waals surface area contributed by atoms with Crippen molar-refractivity contribution in [2.75, 3.05) is 33.4 Å². The molecule has 4 rings (SSSR count). The summed E-state index contributed by atoms with van der Waals surface area (Å²) in [7, 11) is 1.57. The third-order valence-electron chi connectivity index (χ3n) is 4.71. The maximum absolute atomic E-state index is 13.7. The van der Waals surface area contributed by atoms with Gasteiger partial charge < -0.3 is 23.6 Å². The minimum atomic E-state index is -0.872. The van der Waals surface area contributed by atoms with E-state index in [-0.39, 0.29) is 30.7 Å². The van der Waals surface area contributed by atoms with Gasteiger partial charge in [-0.1, -0.05) is 17.3 Å². The summed E-state index contributed by atoms with van der Waals surface area (Å²) in [5.74, 6) is -0.892. The Labute approximate surface area is 176 Å². The van der Waals surface area contributed by atoms with Gasteiger partial charge in [-0.25, -0.2) is 8.78 Å². The van der Waals surface area contributed by atoms with Crippen molar-refractivity contribution in [1.82, 2.24) is 15.0 Å². The van der Waals surface area contributed by atoms with Crippen LogP contribution in [-0.4, -0.2) is 54.4 Å². The van der Waals surface area contributed by atoms with E-state index in [1.165, 1.54) is 4.90 Å². The van der Waals surface area contributed by atoms with Gasteiger partial charge in [-0.05, 0) is 24.3 Å². The molecule has 0 spiro atoms. The summed E-state index contributed by atoms with van der Waals surface area (Å²) in [6.07, 6.45) is -0.605. The number of carbonyl (C=O) groups is 1. The summed E-state index contributed by atoms with van der Waals surface area (Å²) >= 11 is 0. The molecule has 31 heavy (non-hydrogen) atoms. The average molecular weight is 431 g/mol. The molecule has 2 heterocycles. The highest BCUT2D eigenvalue weighted by Gasteiger charge is 2.30. The van der Waals surface area contributed by atoms with E-state index in [1.54, 1.807) is 19.2 Å². The molecule has 2 aromatic carbocycles. The quantitative estimate of drug-likeness (QED) is 0.593. The molecule has 0 aliphatic carbocycles. The number of hydrogen-bond donors (Lipinski definition) is 0. The van der Waals surface area contributed by atoms with Gasteiger partial charge in [-0.2, -0.15) is 4.98 Å². The molecule has 0 saturated carbocycles. The zero-order valence-electron chi connectivity index (χ0n) is 16.6. The van der Waals surface area contributed by atoms with Crippen molar-refractivity contribution in [1.29, 1.82) is 0 Å². The fourth-order valence-corrected chi connectivity index (χ4v) is 3.09. The number of halogens is 2. The Morgan fingerprint density at radius 1 is 1.26 bits per heavy atom. The van der Waals surface area contributed by atoms with Crippen LogP contribution in [0, 0.1) is 11.6 Å². The second kappa shape index (κ2) is 9.09. The van der Waals surface area contributed by atoms with Crippen LogP contribution >= 0.6 is 0 Å². The van der Waals surface area contributed by atoms with E-state index >= 15 is 0 Å². The van der Waals surface area contributed by atoms with Crippen LogP contribution in [0.25, 0.3) is 11.4 Å². The molecule has 1 aliphatic rings. The second-order valence-electron chi connectivity index (χ2n) is 6.75. The fourth-order valence-electron chi connectivity index (χ4n) is 3.09. The van der Waals surface area contributed by atoms with Gasteiger partial charge in [-0.3, -0.25) is 4.79 Å². The summed E-state index contributed by atoms with van der Waals surface area (Å²) in [6, 6.07) is 10.1. The first kappa shape index (κ1) is 20.7. The number of rotatable bonds is 6. The van der Waals surface area contributed by atoms with Crippen LogP contribution < -0.4 is 9.47 Å². The van der Waals surface area contributed by atoms with E-state index in [4.69, 9.17) is 18.7 Å². The van der Waals surface area contributed by atoms with E-state index in [1.807, 2.05) is 12.1 Å². The fraction of sp³-hybridized carbons (Fsp3) is 0.286. The predicted octanol–water partition coefficient (Wildman–Crippen LogP) is 3.00. The Morgan fingerprint density at radius 3 is 2.94 bits per heavy atom. The predicted molar refractivity (Wildman–Crippen MR) is 103 cm³/mol. The molecule has 0 N–H and O–H groups in total. The minimum absolute atomic E-state index is 0.174. The van der Waals surface area contributed by atoms with Crippen molar-refractivity contribution in [3.05, 3.63) is 60.0 Å². The number of aromatic nitrogens is 2. The van der Waals surface area contributed by atoms with Gasteiger partial charge >= 0.3 is 0 Å². The zero-order chi connectivity index (χ0) is 21.8. The van der Waals surface area contributed by atoms with Crippen molar-refractivity contribution >= 4 is 5.91 Å². The van der Waals surface area contributed by atoms with E-state index in [0.717, 1.165) is 12.1 Å². The highest BCUT2D eigenvalue weighted by molar-refractivity contribution is 5.78. The maximum Gasteiger partial charge on any atom is 0.260 e. The molecule has 162 valence electrons. The molecule has 1 aromatic heterocycles. The second-order valence-corrected chi connectivity index (χ2v) is 6.75. The molecule has 0 radical (unpaired) electrons. The number of ether oxygens (including phenoxy) is 3. The molecule has 1 aliphatic heterocycles. The van der Waals surface area contributed by atoms with Crippen LogP contribution in [0.3, 0.4) is 0 Å². The molecule has 0 bridgehead atoms. The van der Waals surface area contributed by atoms with Crippen LogP contribution in [0.1, 0.15) is 12.0 Å². The first-order valence-electron chi connectivity index (χ1n) is 9.49. The van der Waals surface area contributed by atoms with Gasteiger partial charge in [0.25, 0.3) is 11.8 Å². The molecule has 3 aromatic rings. The number of benzene rings is 2.